The Hall–Kier alpha value is -2.95. The summed E-state index contributed by atoms with van der Waals surface area (Å²) in [6.45, 7) is 5.21. The van der Waals surface area contributed by atoms with Crippen LogP contribution >= 0.6 is 0 Å². The number of benzene rings is 2. The van der Waals surface area contributed by atoms with Crippen molar-refractivity contribution in [3.8, 4) is 0 Å². The van der Waals surface area contributed by atoms with Crippen LogP contribution in [0.3, 0.4) is 0 Å². The van der Waals surface area contributed by atoms with Gasteiger partial charge in [0.1, 0.15) is 5.82 Å². The molecule has 144 valence electrons. The van der Waals surface area contributed by atoms with Crippen molar-refractivity contribution >= 4 is 5.91 Å². The first-order valence-electron chi connectivity index (χ1n) is 9.59. The molecular formula is C23H24FN3O. The molecule has 5 heteroatoms. The first kappa shape index (κ1) is 18.4. The molecule has 1 aliphatic rings. The first-order valence-corrected chi connectivity index (χ1v) is 9.59. The highest BCUT2D eigenvalue weighted by Gasteiger charge is 2.44. The molecule has 2 aromatic carbocycles. The molecular weight excluding hydrogens is 353 g/mol. The molecule has 4 rings (SSSR count). The maximum absolute atomic E-state index is 13.2. The molecule has 1 heterocycles. The van der Waals surface area contributed by atoms with Crippen LogP contribution < -0.4 is 5.32 Å². The van der Waals surface area contributed by atoms with Crippen molar-refractivity contribution in [3.63, 3.8) is 0 Å². The summed E-state index contributed by atoms with van der Waals surface area (Å²) in [4.78, 5) is 12.7. The van der Waals surface area contributed by atoms with Crippen LogP contribution in [0, 0.1) is 19.7 Å². The SMILES string of the molecule is Cc1cc(C)n(Cc2cccc(C(=O)NCC3(c4ccc(F)cc4)CC3)c2)n1. The van der Waals surface area contributed by atoms with Crippen LogP contribution in [0.5, 0.6) is 0 Å². The third-order valence-electron chi connectivity index (χ3n) is 5.52. The highest BCUT2D eigenvalue weighted by atomic mass is 19.1. The largest absolute Gasteiger partial charge is 0.351 e. The number of rotatable bonds is 6. The van der Waals surface area contributed by atoms with Gasteiger partial charge < -0.3 is 5.32 Å². The highest BCUT2D eigenvalue weighted by Crippen LogP contribution is 2.47. The molecule has 1 aromatic heterocycles. The topological polar surface area (TPSA) is 46.9 Å². The van der Waals surface area contributed by atoms with Gasteiger partial charge in [0.2, 0.25) is 0 Å². The maximum atomic E-state index is 13.2. The van der Waals surface area contributed by atoms with Crippen molar-refractivity contribution in [1.29, 1.82) is 0 Å². The van der Waals surface area contributed by atoms with Crippen molar-refractivity contribution in [1.82, 2.24) is 15.1 Å². The zero-order valence-corrected chi connectivity index (χ0v) is 16.2. The molecule has 0 unspecified atom stereocenters. The lowest BCUT2D eigenvalue weighted by molar-refractivity contribution is 0.0949. The van der Waals surface area contributed by atoms with Gasteiger partial charge >= 0.3 is 0 Å². The summed E-state index contributed by atoms with van der Waals surface area (Å²) in [6, 6.07) is 16.3. The summed E-state index contributed by atoms with van der Waals surface area (Å²) < 4.78 is 15.1. The molecule has 1 aliphatic carbocycles. The van der Waals surface area contributed by atoms with Crippen molar-refractivity contribution in [2.75, 3.05) is 6.54 Å². The smallest absolute Gasteiger partial charge is 0.251 e. The van der Waals surface area contributed by atoms with Gasteiger partial charge in [0.05, 0.1) is 12.2 Å². The van der Waals surface area contributed by atoms with Crippen molar-refractivity contribution < 1.29 is 9.18 Å². The zero-order chi connectivity index (χ0) is 19.7. The number of nitrogens with zero attached hydrogens (tertiary/aromatic N) is 2. The Kier molecular flexibility index (Phi) is 4.75. The molecule has 1 saturated carbocycles. The fraction of sp³-hybridized carbons (Fsp3) is 0.304. The highest BCUT2D eigenvalue weighted by molar-refractivity contribution is 5.94. The minimum absolute atomic E-state index is 0.0509. The summed E-state index contributed by atoms with van der Waals surface area (Å²) >= 11 is 0. The van der Waals surface area contributed by atoms with Gasteiger partial charge in [-0.2, -0.15) is 5.10 Å². The monoisotopic (exact) mass is 377 g/mol. The van der Waals surface area contributed by atoms with Gasteiger partial charge in [0.25, 0.3) is 5.91 Å². The van der Waals surface area contributed by atoms with E-state index in [2.05, 4.69) is 10.4 Å². The van der Waals surface area contributed by atoms with Gasteiger partial charge in [0.15, 0.2) is 0 Å². The molecule has 0 aliphatic heterocycles. The number of hydrogen-bond acceptors (Lipinski definition) is 2. The molecule has 1 amide bonds. The average Bonchev–Trinajstić information content (AvgIpc) is 3.40. The Morgan fingerprint density at radius 3 is 2.54 bits per heavy atom. The number of hydrogen-bond donors (Lipinski definition) is 1. The van der Waals surface area contributed by atoms with E-state index in [4.69, 9.17) is 0 Å². The van der Waals surface area contributed by atoms with E-state index >= 15 is 0 Å². The summed E-state index contributed by atoms with van der Waals surface area (Å²) in [7, 11) is 0. The van der Waals surface area contributed by atoms with E-state index in [-0.39, 0.29) is 17.1 Å². The van der Waals surface area contributed by atoms with Crippen LogP contribution in [0.15, 0.2) is 54.6 Å². The Morgan fingerprint density at radius 1 is 1.14 bits per heavy atom. The van der Waals surface area contributed by atoms with Crippen LogP contribution in [0.2, 0.25) is 0 Å². The Balaban J connectivity index is 1.42. The molecule has 28 heavy (non-hydrogen) atoms. The molecule has 0 bridgehead atoms. The Morgan fingerprint density at radius 2 is 1.89 bits per heavy atom. The van der Waals surface area contributed by atoms with Gasteiger partial charge in [-0.25, -0.2) is 4.39 Å². The lowest BCUT2D eigenvalue weighted by atomic mass is 9.96. The predicted octanol–water partition coefficient (Wildman–Crippen LogP) is 4.15. The molecule has 1 N–H and O–H groups in total. The van der Waals surface area contributed by atoms with E-state index in [1.54, 1.807) is 0 Å². The lowest BCUT2D eigenvalue weighted by Gasteiger charge is -2.17. The quantitative estimate of drug-likeness (QED) is 0.701. The van der Waals surface area contributed by atoms with Gasteiger partial charge in [-0.1, -0.05) is 24.3 Å². The van der Waals surface area contributed by atoms with E-state index in [1.807, 2.05) is 61.0 Å². The predicted molar refractivity (Wildman–Crippen MR) is 107 cm³/mol. The van der Waals surface area contributed by atoms with Crippen LogP contribution in [0.4, 0.5) is 4.39 Å². The van der Waals surface area contributed by atoms with Crippen molar-refractivity contribution in [2.45, 2.75) is 38.6 Å². The molecule has 0 radical (unpaired) electrons. The zero-order valence-electron chi connectivity index (χ0n) is 16.2. The van der Waals surface area contributed by atoms with E-state index < -0.39 is 0 Å². The third kappa shape index (κ3) is 3.84. The van der Waals surface area contributed by atoms with Gasteiger partial charge in [-0.3, -0.25) is 9.48 Å². The van der Waals surface area contributed by atoms with Gasteiger partial charge in [-0.05, 0) is 68.1 Å². The number of amides is 1. The third-order valence-corrected chi connectivity index (χ3v) is 5.52. The van der Waals surface area contributed by atoms with Crippen LogP contribution in [-0.4, -0.2) is 22.2 Å². The molecule has 3 aromatic rings. The fourth-order valence-electron chi connectivity index (χ4n) is 3.69. The fourth-order valence-corrected chi connectivity index (χ4v) is 3.69. The van der Waals surface area contributed by atoms with Crippen LogP contribution in [0.25, 0.3) is 0 Å². The van der Waals surface area contributed by atoms with Crippen LogP contribution in [-0.2, 0) is 12.0 Å². The van der Waals surface area contributed by atoms with Crippen LogP contribution in [0.1, 0.15) is 45.7 Å². The number of carbonyl (C=O) groups excluding carboxylic acids is 1. The Labute approximate surface area is 164 Å². The molecule has 0 spiro atoms. The number of aromatic nitrogens is 2. The summed E-state index contributed by atoms with van der Waals surface area (Å²) in [5.41, 5.74) is 4.81. The van der Waals surface area contributed by atoms with E-state index in [0.29, 0.717) is 18.7 Å². The number of aryl methyl sites for hydroxylation is 2. The number of nitrogens with one attached hydrogen (secondary N) is 1. The van der Waals surface area contributed by atoms with E-state index in [0.717, 1.165) is 35.4 Å². The second-order valence-corrected chi connectivity index (χ2v) is 7.76. The molecule has 0 saturated heterocycles. The number of carbonyl (C=O) groups is 1. The summed E-state index contributed by atoms with van der Waals surface area (Å²) in [5, 5.41) is 7.55. The normalized spacial score (nSPS) is 14.7. The van der Waals surface area contributed by atoms with E-state index in [9.17, 15) is 9.18 Å². The van der Waals surface area contributed by atoms with E-state index in [1.165, 1.54) is 12.1 Å². The summed E-state index contributed by atoms with van der Waals surface area (Å²) in [6.07, 6.45) is 2.02. The average molecular weight is 377 g/mol. The van der Waals surface area contributed by atoms with Crippen molar-refractivity contribution in [3.05, 3.63) is 88.5 Å². The maximum Gasteiger partial charge on any atom is 0.251 e. The minimum Gasteiger partial charge on any atom is -0.351 e. The number of halogens is 1. The molecule has 1 fully saturated rings. The summed E-state index contributed by atoms with van der Waals surface area (Å²) in [5.74, 6) is -0.313. The second-order valence-electron chi connectivity index (χ2n) is 7.76. The van der Waals surface area contributed by atoms with Crippen molar-refractivity contribution in [2.24, 2.45) is 0 Å². The molecule has 4 nitrogen and oxygen atoms in total. The second kappa shape index (κ2) is 7.23. The first-order chi connectivity index (χ1) is 13.4. The standard InChI is InChI=1S/C23H24FN3O/c1-16-12-17(2)27(26-16)14-18-4-3-5-19(13-18)22(28)25-15-23(10-11-23)20-6-8-21(24)9-7-20/h3-9,12-13H,10-11,14-15H2,1-2H3,(H,25,28). The molecule has 0 atom stereocenters. The Bertz CT molecular complexity index is 1000. The lowest BCUT2D eigenvalue weighted by Crippen LogP contribution is -2.32. The van der Waals surface area contributed by atoms with Gasteiger partial charge in [-0.15, -0.1) is 0 Å². The minimum atomic E-state index is -0.233. The van der Waals surface area contributed by atoms with Gasteiger partial charge in [0, 0.05) is 23.2 Å².